The van der Waals surface area contributed by atoms with Crippen LogP contribution in [0.25, 0.3) is 10.7 Å². The topological polar surface area (TPSA) is 63.8 Å². The van der Waals surface area contributed by atoms with E-state index >= 15 is 0 Å². The summed E-state index contributed by atoms with van der Waals surface area (Å²) < 4.78 is 0.479. The zero-order chi connectivity index (χ0) is 13.9. The number of H-pyrrole nitrogens is 2. The molecule has 0 spiro atoms. The first kappa shape index (κ1) is 13.9. The molecule has 1 aliphatic heterocycles. The monoisotopic (exact) mass is 310 g/mol. The van der Waals surface area contributed by atoms with E-state index in [0.29, 0.717) is 4.77 Å². The molecular weight excluding hydrogens is 292 g/mol. The molecule has 0 aromatic carbocycles. The summed E-state index contributed by atoms with van der Waals surface area (Å²) in [7, 11) is 2.18. The van der Waals surface area contributed by atoms with Crippen molar-refractivity contribution in [2.45, 2.75) is 6.42 Å². The van der Waals surface area contributed by atoms with Crippen molar-refractivity contribution in [2.24, 2.45) is 0 Å². The second-order valence-corrected chi connectivity index (χ2v) is 6.53. The molecule has 0 bridgehead atoms. The highest BCUT2D eigenvalue weighted by Gasteiger charge is 2.14. The summed E-state index contributed by atoms with van der Waals surface area (Å²) in [5.41, 5.74) is 0. The zero-order valence-corrected chi connectivity index (χ0v) is 13.1. The molecule has 3 rings (SSSR count). The smallest absolute Gasteiger partial charge is 0.213 e. The van der Waals surface area contributed by atoms with Crippen molar-refractivity contribution in [2.75, 3.05) is 39.8 Å². The van der Waals surface area contributed by atoms with E-state index in [1.807, 2.05) is 6.20 Å². The van der Waals surface area contributed by atoms with Crippen molar-refractivity contribution in [1.29, 1.82) is 0 Å². The Bertz CT molecular complexity index is 607. The highest BCUT2D eigenvalue weighted by Crippen LogP contribution is 2.22. The number of nitrogens with one attached hydrogen (secondary N) is 2. The largest absolute Gasteiger partial charge is 0.304 e. The number of piperazine rings is 1. The van der Waals surface area contributed by atoms with Crippen LogP contribution in [0.4, 0.5) is 0 Å². The number of thiazole rings is 1. The third-order valence-electron chi connectivity index (χ3n) is 3.53. The minimum atomic E-state index is 0.479. The SMILES string of the molecule is CN1CCN(CCc2ncc(-c3nc(=S)[nH][nH]3)s2)CC1. The summed E-state index contributed by atoms with van der Waals surface area (Å²) in [5.74, 6) is 0.776. The maximum Gasteiger partial charge on any atom is 0.213 e. The number of aromatic amines is 2. The first-order chi connectivity index (χ1) is 9.70. The summed E-state index contributed by atoms with van der Waals surface area (Å²) >= 11 is 6.64. The Morgan fingerprint density at radius 1 is 1.30 bits per heavy atom. The van der Waals surface area contributed by atoms with Crippen molar-refractivity contribution < 1.29 is 0 Å². The number of rotatable bonds is 4. The summed E-state index contributed by atoms with van der Waals surface area (Å²) in [6.07, 6.45) is 2.87. The van der Waals surface area contributed by atoms with E-state index in [2.05, 4.69) is 37.0 Å². The van der Waals surface area contributed by atoms with E-state index in [4.69, 9.17) is 12.2 Å². The van der Waals surface area contributed by atoms with Gasteiger partial charge in [-0.25, -0.2) is 4.98 Å². The van der Waals surface area contributed by atoms with Crippen LogP contribution in [-0.4, -0.2) is 69.7 Å². The summed E-state index contributed by atoms with van der Waals surface area (Å²) in [4.78, 5) is 14.6. The fraction of sp³-hybridized carbons (Fsp3) is 0.583. The van der Waals surface area contributed by atoms with Crippen LogP contribution in [0.1, 0.15) is 5.01 Å². The zero-order valence-electron chi connectivity index (χ0n) is 11.4. The van der Waals surface area contributed by atoms with Crippen LogP contribution in [0, 0.1) is 4.77 Å². The molecule has 2 aromatic heterocycles. The van der Waals surface area contributed by atoms with Crippen LogP contribution in [0.15, 0.2) is 6.20 Å². The van der Waals surface area contributed by atoms with Crippen molar-refractivity contribution in [3.05, 3.63) is 16.0 Å². The third kappa shape index (κ3) is 3.32. The van der Waals surface area contributed by atoms with Crippen LogP contribution in [0.3, 0.4) is 0 Å². The van der Waals surface area contributed by atoms with Crippen LogP contribution in [-0.2, 0) is 6.42 Å². The molecule has 6 nitrogen and oxygen atoms in total. The highest BCUT2D eigenvalue weighted by molar-refractivity contribution is 7.71. The van der Waals surface area contributed by atoms with Gasteiger partial charge in [-0.05, 0) is 19.3 Å². The molecule has 1 saturated heterocycles. The number of likely N-dealkylation sites (N-methyl/N-ethyl adjacent to an activating group) is 1. The van der Waals surface area contributed by atoms with Crippen LogP contribution in [0.2, 0.25) is 0 Å². The van der Waals surface area contributed by atoms with Crippen LogP contribution >= 0.6 is 23.6 Å². The Hall–Kier alpha value is -1.09. The van der Waals surface area contributed by atoms with Gasteiger partial charge in [0.25, 0.3) is 0 Å². The van der Waals surface area contributed by atoms with Crippen molar-refractivity contribution in [3.8, 4) is 10.7 Å². The lowest BCUT2D eigenvalue weighted by Gasteiger charge is -2.32. The molecule has 0 unspecified atom stereocenters. The molecule has 0 aliphatic carbocycles. The standard InChI is InChI=1S/C12H18N6S2/c1-17-4-6-18(7-5-17)3-2-10-13-8-9(20-10)11-14-12(19)16-15-11/h8H,2-7H2,1H3,(H2,14,15,16,19). The Morgan fingerprint density at radius 3 is 2.80 bits per heavy atom. The van der Waals surface area contributed by atoms with Crippen LogP contribution < -0.4 is 0 Å². The fourth-order valence-electron chi connectivity index (χ4n) is 2.25. The van der Waals surface area contributed by atoms with Gasteiger partial charge < -0.3 is 9.80 Å². The molecule has 20 heavy (non-hydrogen) atoms. The Labute approximate surface area is 126 Å². The molecule has 1 aliphatic rings. The average Bonchev–Trinajstić information content (AvgIpc) is 3.07. The van der Waals surface area contributed by atoms with E-state index in [1.54, 1.807) is 11.3 Å². The first-order valence-electron chi connectivity index (χ1n) is 6.71. The number of aromatic nitrogens is 4. The minimum absolute atomic E-state index is 0.479. The normalized spacial score (nSPS) is 17.6. The number of hydrogen-bond donors (Lipinski definition) is 2. The molecule has 2 N–H and O–H groups in total. The fourth-order valence-corrected chi connectivity index (χ4v) is 3.24. The minimum Gasteiger partial charge on any atom is -0.304 e. The highest BCUT2D eigenvalue weighted by atomic mass is 32.1. The molecule has 0 atom stereocenters. The average molecular weight is 310 g/mol. The number of nitrogens with zero attached hydrogens (tertiary/aromatic N) is 4. The van der Waals surface area contributed by atoms with Gasteiger partial charge in [-0.15, -0.1) is 11.3 Å². The van der Waals surface area contributed by atoms with E-state index < -0.39 is 0 Å². The van der Waals surface area contributed by atoms with Gasteiger partial charge in [-0.3, -0.25) is 10.2 Å². The lowest BCUT2D eigenvalue weighted by atomic mass is 10.3. The quantitative estimate of drug-likeness (QED) is 0.835. The van der Waals surface area contributed by atoms with Gasteiger partial charge in [0, 0.05) is 45.3 Å². The Kier molecular flexibility index (Phi) is 4.25. The molecule has 2 aromatic rings. The van der Waals surface area contributed by atoms with Crippen molar-refractivity contribution >= 4 is 23.6 Å². The second-order valence-electron chi connectivity index (χ2n) is 5.03. The molecule has 0 radical (unpaired) electrons. The van der Waals surface area contributed by atoms with Gasteiger partial charge in [0.15, 0.2) is 5.82 Å². The van der Waals surface area contributed by atoms with E-state index in [0.717, 1.165) is 54.9 Å². The predicted octanol–water partition coefficient (Wildman–Crippen LogP) is 1.38. The molecular formula is C12H18N6S2. The lowest BCUT2D eigenvalue weighted by molar-refractivity contribution is 0.155. The summed E-state index contributed by atoms with van der Waals surface area (Å²) in [6, 6.07) is 0. The Balaban J connectivity index is 1.56. The predicted molar refractivity (Wildman–Crippen MR) is 82.5 cm³/mol. The molecule has 3 heterocycles. The maximum atomic E-state index is 4.96. The van der Waals surface area contributed by atoms with Crippen molar-refractivity contribution in [3.63, 3.8) is 0 Å². The van der Waals surface area contributed by atoms with Crippen molar-refractivity contribution in [1.82, 2.24) is 30.0 Å². The van der Waals surface area contributed by atoms with E-state index in [9.17, 15) is 0 Å². The number of hydrogen-bond acceptors (Lipinski definition) is 6. The van der Waals surface area contributed by atoms with Gasteiger partial charge >= 0.3 is 0 Å². The first-order valence-corrected chi connectivity index (χ1v) is 7.94. The molecule has 0 amide bonds. The van der Waals surface area contributed by atoms with E-state index in [1.165, 1.54) is 0 Å². The van der Waals surface area contributed by atoms with E-state index in [-0.39, 0.29) is 0 Å². The van der Waals surface area contributed by atoms with Gasteiger partial charge in [-0.1, -0.05) is 0 Å². The maximum absolute atomic E-state index is 4.96. The third-order valence-corrected chi connectivity index (χ3v) is 4.78. The van der Waals surface area contributed by atoms with Gasteiger partial charge in [0.05, 0.1) is 9.88 Å². The molecule has 0 saturated carbocycles. The van der Waals surface area contributed by atoms with Gasteiger partial charge in [0.1, 0.15) is 0 Å². The van der Waals surface area contributed by atoms with Gasteiger partial charge in [0.2, 0.25) is 4.77 Å². The van der Waals surface area contributed by atoms with Gasteiger partial charge in [-0.2, -0.15) is 4.98 Å². The molecule has 108 valence electrons. The molecule has 8 heteroatoms. The Morgan fingerprint density at radius 2 is 2.10 bits per heavy atom. The summed E-state index contributed by atoms with van der Waals surface area (Å²) in [6.45, 7) is 5.71. The summed E-state index contributed by atoms with van der Waals surface area (Å²) in [5, 5.41) is 6.92. The van der Waals surface area contributed by atoms with Crippen LogP contribution in [0.5, 0.6) is 0 Å². The molecule has 1 fully saturated rings. The lowest BCUT2D eigenvalue weighted by Crippen LogP contribution is -2.45. The second kappa shape index (κ2) is 6.13.